The van der Waals surface area contributed by atoms with E-state index in [0.717, 1.165) is 97.2 Å². The SMILES string of the molecule is CC(C)Cn1c(N2CCN(C(=O)C[C@@H](C)O)[C@@H](C)C2)nc2c(N3CCOCC3)nc(-c3cnc(N)nc3)nc21.CC(C)Cn1c(N2CCN[C@@H](C)C2)nc2c(N3CCOCC3)nc(-c3cnc(N)nc3)nc21. The molecule has 6 aromatic heterocycles. The summed E-state index contributed by atoms with van der Waals surface area (Å²) in [5.41, 5.74) is 16.0. The Bertz CT molecular complexity index is 2790. The number of nitrogens with one attached hydrogen (secondary N) is 1. The van der Waals surface area contributed by atoms with E-state index in [1.807, 2.05) is 11.8 Å². The maximum absolute atomic E-state index is 12.7. The highest BCUT2D eigenvalue weighted by atomic mass is 16.5. The second-order valence-corrected chi connectivity index (χ2v) is 20.0. The number of morpholine rings is 2. The molecule has 6 N–H and O–H groups in total. The van der Waals surface area contributed by atoms with E-state index in [1.165, 1.54) is 0 Å². The fraction of sp³-hybridized carbons (Fsp3) is 0.604. The van der Waals surface area contributed by atoms with Crippen LogP contribution in [0.1, 0.15) is 54.9 Å². The average molecular weight is 991 g/mol. The number of rotatable bonds is 12. The molecule has 0 unspecified atom stereocenters. The average Bonchev–Trinajstić information content (AvgIpc) is 3.91. The summed E-state index contributed by atoms with van der Waals surface area (Å²) < 4.78 is 15.6. The number of amides is 1. The summed E-state index contributed by atoms with van der Waals surface area (Å²) in [7, 11) is 0. The second-order valence-electron chi connectivity index (χ2n) is 20.0. The number of hydrogen-bond acceptors (Lipinski definition) is 21. The molecule has 0 radical (unpaired) electrons. The van der Waals surface area contributed by atoms with Crippen molar-refractivity contribution in [3.63, 3.8) is 0 Å². The van der Waals surface area contributed by atoms with E-state index in [4.69, 9.17) is 50.8 Å². The lowest BCUT2D eigenvalue weighted by Crippen LogP contribution is -2.55. The predicted molar refractivity (Wildman–Crippen MR) is 277 cm³/mol. The summed E-state index contributed by atoms with van der Waals surface area (Å²) in [4.78, 5) is 70.4. The number of aromatic nitrogens is 12. The van der Waals surface area contributed by atoms with Crippen LogP contribution < -0.4 is 36.4 Å². The molecular weight excluding hydrogens is 921 g/mol. The van der Waals surface area contributed by atoms with Gasteiger partial charge in [0.1, 0.15) is 0 Å². The van der Waals surface area contributed by atoms with Crippen LogP contribution in [0, 0.1) is 11.8 Å². The largest absolute Gasteiger partial charge is 0.393 e. The van der Waals surface area contributed by atoms with Crippen molar-refractivity contribution in [1.82, 2.24) is 69.2 Å². The number of ether oxygens (including phenoxy) is 2. The van der Waals surface area contributed by atoms with Gasteiger partial charge in [0, 0.05) is 115 Å². The van der Waals surface area contributed by atoms with Gasteiger partial charge in [-0.2, -0.15) is 0 Å². The van der Waals surface area contributed by atoms with Gasteiger partial charge in [0.2, 0.25) is 29.7 Å². The summed E-state index contributed by atoms with van der Waals surface area (Å²) in [6.07, 6.45) is 6.11. The standard InChI is InChI=1S/C26H38N10O3.C22H32N10O/c1-16(2)14-36-24-21(30-26(36)34-5-6-35(17(3)15-34)20(38)11-18(4)37)23(33-7-9-39-10-8-33)31-22(32-24)19-12-28-25(27)29-13-19;1-14(2)12-32-20-17(27-22(32)31-5-4-24-15(3)13-31)19(30-6-8-33-9-7-30)28-18(29-20)16-10-25-21(23)26-11-16/h12-13,16-18,37H,5-11,14-15H2,1-4H3,(H2,27,28,29);10-11,14-15,24H,4-9,12-13H2,1-3H3,(H2,23,25,26)/t17-,18+;15-/m00/s1. The second kappa shape index (κ2) is 22.0. The van der Waals surface area contributed by atoms with E-state index in [9.17, 15) is 9.90 Å². The number of imidazole rings is 2. The van der Waals surface area contributed by atoms with E-state index >= 15 is 0 Å². The van der Waals surface area contributed by atoms with Crippen LogP contribution in [0.4, 0.5) is 35.4 Å². The molecular formula is C48H70N20O4. The van der Waals surface area contributed by atoms with Crippen LogP contribution >= 0.6 is 0 Å². The summed E-state index contributed by atoms with van der Waals surface area (Å²) in [6, 6.07) is 0.378. The Morgan fingerprint density at radius 3 is 1.51 bits per heavy atom. The molecule has 24 heteroatoms. The Balaban J connectivity index is 0.000000180. The minimum Gasteiger partial charge on any atom is -0.393 e. The van der Waals surface area contributed by atoms with Crippen molar-refractivity contribution in [2.24, 2.45) is 11.8 Å². The molecule has 10 rings (SSSR count). The molecule has 0 bridgehead atoms. The Morgan fingerprint density at radius 1 is 0.639 bits per heavy atom. The highest BCUT2D eigenvalue weighted by molar-refractivity contribution is 5.89. The molecule has 0 aliphatic carbocycles. The fourth-order valence-corrected chi connectivity index (χ4v) is 9.65. The van der Waals surface area contributed by atoms with Crippen LogP contribution in [-0.2, 0) is 27.4 Å². The molecule has 4 aliphatic heterocycles. The van der Waals surface area contributed by atoms with Gasteiger partial charge in [-0.15, -0.1) is 0 Å². The Hall–Kier alpha value is -6.63. The molecule has 0 spiro atoms. The van der Waals surface area contributed by atoms with Crippen molar-refractivity contribution in [1.29, 1.82) is 0 Å². The predicted octanol–water partition coefficient (Wildman–Crippen LogP) is 2.32. The molecule has 0 saturated carbocycles. The van der Waals surface area contributed by atoms with Gasteiger partial charge in [-0.05, 0) is 32.6 Å². The minimum atomic E-state index is -0.657. The summed E-state index contributed by atoms with van der Waals surface area (Å²) in [6.45, 7) is 26.3. The molecule has 24 nitrogen and oxygen atoms in total. The Kier molecular flexibility index (Phi) is 15.4. The van der Waals surface area contributed by atoms with Crippen LogP contribution in [0.25, 0.3) is 45.1 Å². The van der Waals surface area contributed by atoms with Crippen LogP contribution in [-0.4, -0.2) is 185 Å². The van der Waals surface area contributed by atoms with E-state index in [2.05, 4.69) is 88.6 Å². The number of aliphatic hydroxyl groups excluding tert-OH is 1. The van der Waals surface area contributed by atoms with Gasteiger partial charge in [-0.1, -0.05) is 27.7 Å². The maximum atomic E-state index is 12.7. The number of nitrogens with two attached hydrogens (primary N) is 2. The lowest BCUT2D eigenvalue weighted by molar-refractivity contribution is -0.135. The van der Waals surface area contributed by atoms with Gasteiger partial charge >= 0.3 is 0 Å². The topological polar surface area (TPSA) is 275 Å². The van der Waals surface area contributed by atoms with Crippen LogP contribution in [0.15, 0.2) is 24.8 Å². The number of piperazine rings is 2. The van der Waals surface area contributed by atoms with E-state index in [1.54, 1.807) is 31.7 Å². The van der Waals surface area contributed by atoms with Gasteiger partial charge in [-0.3, -0.25) is 13.9 Å². The number of nitrogen functional groups attached to an aromatic ring is 2. The fourth-order valence-electron chi connectivity index (χ4n) is 9.65. The monoisotopic (exact) mass is 991 g/mol. The quantitative estimate of drug-likeness (QED) is 0.137. The zero-order valence-corrected chi connectivity index (χ0v) is 42.6. The summed E-state index contributed by atoms with van der Waals surface area (Å²) in [5, 5.41) is 13.2. The Morgan fingerprint density at radius 2 is 1.10 bits per heavy atom. The molecule has 386 valence electrons. The van der Waals surface area contributed by atoms with E-state index < -0.39 is 6.10 Å². The van der Waals surface area contributed by atoms with Crippen molar-refractivity contribution in [2.75, 3.05) is 123 Å². The first kappa shape index (κ1) is 50.3. The molecule has 10 heterocycles. The van der Waals surface area contributed by atoms with Gasteiger partial charge in [0.15, 0.2) is 45.6 Å². The zero-order valence-electron chi connectivity index (χ0n) is 42.6. The van der Waals surface area contributed by atoms with Gasteiger partial charge in [0.25, 0.3) is 0 Å². The van der Waals surface area contributed by atoms with Gasteiger partial charge < -0.3 is 55.9 Å². The van der Waals surface area contributed by atoms with E-state index in [0.29, 0.717) is 94.2 Å². The van der Waals surface area contributed by atoms with Crippen molar-refractivity contribution in [2.45, 2.75) is 86.2 Å². The third-order valence-electron chi connectivity index (χ3n) is 13.0. The van der Waals surface area contributed by atoms with Crippen molar-refractivity contribution in [3.05, 3.63) is 24.8 Å². The first-order valence-corrected chi connectivity index (χ1v) is 25.3. The lowest BCUT2D eigenvalue weighted by Gasteiger charge is -2.40. The number of fused-ring (bicyclic) bond motifs is 2. The van der Waals surface area contributed by atoms with Crippen molar-refractivity contribution in [3.8, 4) is 22.8 Å². The van der Waals surface area contributed by atoms with Gasteiger partial charge in [0.05, 0.1) is 50.1 Å². The number of anilines is 6. The highest BCUT2D eigenvalue weighted by Gasteiger charge is 2.33. The number of carbonyl (C=O) groups is 1. The number of carbonyl (C=O) groups excluding carboxylic acids is 1. The van der Waals surface area contributed by atoms with Crippen LogP contribution in [0.5, 0.6) is 0 Å². The molecule has 72 heavy (non-hydrogen) atoms. The maximum Gasteiger partial charge on any atom is 0.225 e. The third-order valence-corrected chi connectivity index (χ3v) is 13.0. The molecule has 4 saturated heterocycles. The molecule has 4 fully saturated rings. The number of hydrogen-bond donors (Lipinski definition) is 4. The first-order valence-electron chi connectivity index (χ1n) is 25.3. The highest BCUT2D eigenvalue weighted by Crippen LogP contribution is 2.35. The molecule has 3 atom stereocenters. The van der Waals surface area contributed by atoms with Crippen LogP contribution in [0.2, 0.25) is 0 Å². The zero-order chi connectivity index (χ0) is 50.6. The first-order chi connectivity index (χ1) is 34.7. The third kappa shape index (κ3) is 11.2. The van der Waals surface area contributed by atoms with E-state index in [-0.39, 0.29) is 30.3 Å². The van der Waals surface area contributed by atoms with Gasteiger partial charge in [-0.25, -0.2) is 49.8 Å². The molecule has 1 amide bonds. The molecule has 0 aromatic carbocycles. The lowest BCUT2D eigenvalue weighted by atomic mass is 10.1. The number of aliphatic hydroxyl groups is 1. The van der Waals surface area contributed by atoms with Crippen molar-refractivity contribution < 1.29 is 19.4 Å². The molecule has 4 aliphatic rings. The summed E-state index contributed by atoms with van der Waals surface area (Å²) >= 11 is 0. The summed E-state index contributed by atoms with van der Waals surface area (Å²) in [5.74, 6) is 5.65. The normalized spacial score (nSPS) is 19.4. The molecule has 6 aromatic rings. The minimum absolute atomic E-state index is 0.0235. The smallest absolute Gasteiger partial charge is 0.225 e. The van der Waals surface area contributed by atoms with Crippen LogP contribution in [0.3, 0.4) is 0 Å². The Labute approximate surface area is 419 Å². The van der Waals surface area contributed by atoms with Crippen molar-refractivity contribution >= 4 is 63.7 Å². The number of nitrogens with zero attached hydrogens (tertiary/aromatic N) is 17.